The monoisotopic (exact) mass is 361 g/mol. The van der Waals surface area contributed by atoms with Gasteiger partial charge >= 0.3 is 0 Å². The molecule has 0 bridgehead atoms. The molecule has 0 aliphatic heterocycles. The molecule has 0 spiro atoms. The lowest BCUT2D eigenvalue weighted by molar-refractivity contribution is -0.117. The zero-order chi connectivity index (χ0) is 18.3. The van der Waals surface area contributed by atoms with Gasteiger partial charge in [-0.1, -0.05) is 37.3 Å². The molecule has 0 aromatic heterocycles. The van der Waals surface area contributed by atoms with Crippen molar-refractivity contribution in [2.75, 3.05) is 15.8 Å². The Labute approximate surface area is 148 Å². The number of benzene rings is 2. The maximum atomic E-state index is 12.2. The molecule has 1 atom stereocenters. The Morgan fingerprint density at radius 1 is 1.04 bits per heavy atom. The number of anilines is 2. The van der Waals surface area contributed by atoms with Gasteiger partial charge in [0.25, 0.3) is 0 Å². The van der Waals surface area contributed by atoms with Gasteiger partial charge in [0.2, 0.25) is 15.9 Å². The molecule has 25 heavy (non-hydrogen) atoms. The Bertz CT molecular complexity index is 790. The van der Waals surface area contributed by atoms with Crippen molar-refractivity contribution in [3.05, 3.63) is 60.2 Å². The zero-order valence-electron chi connectivity index (χ0n) is 14.1. The predicted molar refractivity (Wildman–Crippen MR) is 101 cm³/mol. The second-order valence-electron chi connectivity index (χ2n) is 5.78. The SMILES string of the molecule is CCCS(=O)(=O)Nc1ccc(NC(=O)[C@@H](N)Cc2ccccc2)cc1. The third kappa shape index (κ3) is 6.21. The van der Waals surface area contributed by atoms with Gasteiger partial charge in [0.05, 0.1) is 11.8 Å². The molecular formula is C18H23N3O3S. The first-order valence-electron chi connectivity index (χ1n) is 8.10. The summed E-state index contributed by atoms with van der Waals surface area (Å²) in [6.07, 6.45) is 0.990. The van der Waals surface area contributed by atoms with Crippen molar-refractivity contribution < 1.29 is 13.2 Å². The molecule has 0 aliphatic rings. The van der Waals surface area contributed by atoms with E-state index in [1.807, 2.05) is 30.3 Å². The molecule has 4 N–H and O–H groups in total. The minimum Gasteiger partial charge on any atom is -0.325 e. The lowest BCUT2D eigenvalue weighted by Crippen LogP contribution is -2.37. The van der Waals surface area contributed by atoms with E-state index in [9.17, 15) is 13.2 Å². The Balaban J connectivity index is 1.93. The number of hydrogen-bond donors (Lipinski definition) is 3. The van der Waals surface area contributed by atoms with Gasteiger partial charge < -0.3 is 11.1 Å². The number of nitrogens with two attached hydrogens (primary N) is 1. The van der Waals surface area contributed by atoms with Crippen LogP contribution in [-0.4, -0.2) is 26.1 Å². The van der Waals surface area contributed by atoms with Crippen LogP contribution in [0.25, 0.3) is 0 Å². The van der Waals surface area contributed by atoms with Gasteiger partial charge in [0, 0.05) is 11.4 Å². The van der Waals surface area contributed by atoms with Crippen LogP contribution in [0.1, 0.15) is 18.9 Å². The second-order valence-corrected chi connectivity index (χ2v) is 7.63. The third-order valence-electron chi connectivity index (χ3n) is 3.53. The molecule has 0 radical (unpaired) electrons. The molecule has 0 fully saturated rings. The number of rotatable bonds is 8. The molecule has 0 aliphatic carbocycles. The zero-order valence-corrected chi connectivity index (χ0v) is 14.9. The normalized spacial score (nSPS) is 12.4. The molecule has 2 aromatic rings. The van der Waals surface area contributed by atoms with Crippen LogP contribution >= 0.6 is 0 Å². The van der Waals surface area contributed by atoms with E-state index in [-0.39, 0.29) is 11.7 Å². The van der Waals surface area contributed by atoms with E-state index in [1.54, 1.807) is 31.2 Å². The fraction of sp³-hybridized carbons (Fsp3) is 0.278. The molecule has 0 heterocycles. The highest BCUT2D eigenvalue weighted by molar-refractivity contribution is 7.92. The lowest BCUT2D eigenvalue weighted by atomic mass is 10.1. The van der Waals surface area contributed by atoms with Crippen LogP contribution in [0, 0.1) is 0 Å². The topological polar surface area (TPSA) is 101 Å². The van der Waals surface area contributed by atoms with Crippen LogP contribution in [0.5, 0.6) is 0 Å². The maximum Gasteiger partial charge on any atom is 0.241 e. The average molecular weight is 361 g/mol. The summed E-state index contributed by atoms with van der Waals surface area (Å²) in [5.41, 5.74) is 7.95. The van der Waals surface area contributed by atoms with E-state index in [2.05, 4.69) is 10.0 Å². The molecule has 0 unspecified atom stereocenters. The summed E-state index contributed by atoms with van der Waals surface area (Å²) in [4.78, 5) is 12.2. The van der Waals surface area contributed by atoms with Crippen LogP contribution in [0.3, 0.4) is 0 Å². The predicted octanol–water partition coefficient (Wildman–Crippen LogP) is 2.35. The van der Waals surface area contributed by atoms with E-state index in [0.717, 1.165) is 5.56 Å². The standard InChI is InChI=1S/C18H23N3O3S/c1-2-12-25(23,24)21-16-10-8-15(9-11-16)20-18(22)17(19)13-14-6-4-3-5-7-14/h3-11,17,21H,2,12-13,19H2,1H3,(H,20,22)/t17-/m0/s1. The van der Waals surface area contributed by atoms with E-state index in [1.165, 1.54) is 0 Å². The summed E-state index contributed by atoms with van der Waals surface area (Å²) in [6.45, 7) is 1.80. The Kier molecular flexibility index (Phi) is 6.55. The molecule has 134 valence electrons. The lowest BCUT2D eigenvalue weighted by Gasteiger charge is -2.13. The minimum atomic E-state index is -3.33. The summed E-state index contributed by atoms with van der Waals surface area (Å²) in [6, 6.07) is 15.4. The quantitative estimate of drug-likeness (QED) is 0.672. The highest BCUT2D eigenvalue weighted by Crippen LogP contribution is 2.15. The molecule has 2 rings (SSSR count). The molecule has 0 saturated carbocycles. The third-order valence-corrected chi connectivity index (χ3v) is 5.03. The fourth-order valence-corrected chi connectivity index (χ4v) is 3.45. The van der Waals surface area contributed by atoms with Gasteiger partial charge in [-0.2, -0.15) is 0 Å². The van der Waals surface area contributed by atoms with Crippen molar-refractivity contribution in [3.8, 4) is 0 Å². The van der Waals surface area contributed by atoms with Crippen molar-refractivity contribution in [2.45, 2.75) is 25.8 Å². The fourth-order valence-electron chi connectivity index (χ4n) is 2.32. The summed E-state index contributed by atoms with van der Waals surface area (Å²) in [5.74, 6) is -0.219. The Hall–Kier alpha value is -2.38. The second kappa shape index (κ2) is 8.64. The molecule has 0 saturated heterocycles. The van der Waals surface area contributed by atoms with Crippen molar-refractivity contribution in [2.24, 2.45) is 5.73 Å². The average Bonchev–Trinajstić information content (AvgIpc) is 2.57. The number of nitrogens with one attached hydrogen (secondary N) is 2. The van der Waals surface area contributed by atoms with Gasteiger partial charge in [-0.25, -0.2) is 8.42 Å². The summed E-state index contributed by atoms with van der Waals surface area (Å²) in [7, 11) is -3.33. The van der Waals surface area contributed by atoms with E-state index >= 15 is 0 Å². The highest BCUT2D eigenvalue weighted by atomic mass is 32.2. The van der Waals surface area contributed by atoms with Crippen LogP contribution in [-0.2, 0) is 21.2 Å². The largest absolute Gasteiger partial charge is 0.325 e. The summed E-state index contributed by atoms with van der Waals surface area (Å²) < 4.78 is 25.9. The van der Waals surface area contributed by atoms with Crippen molar-refractivity contribution >= 4 is 27.3 Å². The minimum absolute atomic E-state index is 0.0693. The van der Waals surface area contributed by atoms with Gasteiger partial charge in [-0.3, -0.25) is 9.52 Å². The smallest absolute Gasteiger partial charge is 0.241 e. The summed E-state index contributed by atoms with van der Waals surface area (Å²) >= 11 is 0. The number of amides is 1. The molecule has 6 nitrogen and oxygen atoms in total. The van der Waals surface area contributed by atoms with Crippen LogP contribution in [0.4, 0.5) is 11.4 Å². The number of carbonyl (C=O) groups is 1. The molecule has 1 amide bonds. The van der Waals surface area contributed by atoms with Crippen LogP contribution < -0.4 is 15.8 Å². The maximum absolute atomic E-state index is 12.2. The van der Waals surface area contributed by atoms with Gasteiger partial charge in [0.15, 0.2) is 0 Å². The van der Waals surface area contributed by atoms with Gasteiger partial charge in [-0.05, 0) is 42.7 Å². The molecular weight excluding hydrogens is 338 g/mol. The first-order valence-corrected chi connectivity index (χ1v) is 9.76. The van der Waals surface area contributed by atoms with E-state index in [4.69, 9.17) is 5.73 Å². The van der Waals surface area contributed by atoms with Crippen molar-refractivity contribution in [1.82, 2.24) is 0 Å². The van der Waals surface area contributed by atoms with E-state index in [0.29, 0.717) is 24.2 Å². The highest BCUT2D eigenvalue weighted by Gasteiger charge is 2.14. The van der Waals surface area contributed by atoms with Crippen LogP contribution in [0.2, 0.25) is 0 Å². The number of hydrogen-bond acceptors (Lipinski definition) is 4. The van der Waals surface area contributed by atoms with Crippen molar-refractivity contribution in [3.63, 3.8) is 0 Å². The molecule has 7 heteroatoms. The summed E-state index contributed by atoms with van der Waals surface area (Å²) in [5, 5.41) is 2.74. The molecule has 2 aromatic carbocycles. The first-order chi connectivity index (χ1) is 11.9. The number of carbonyl (C=O) groups excluding carboxylic acids is 1. The Morgan fingerprint density at radius 2 is 1.64 bits per heavy atom. The van der Waals surface area contributed by atoms with Gasteiger partial charge in [-0.15, -0.1) is 0 Å². The Morgan fingerprint density at radius 3 is 2.24 bits per heavy atom. The first kappa shape index (κ1) is 19.0. The van der Waals surface area contributed by atoms with Crippen LogP contribution in [0.15, 0.2) is 54.6 Å². The van der Waals surface area contributed by atoms with Gasteiger partial charge in [0.1, 0.15) is 0 Å². The van der Waals surface area contributed by atoms with E-state index < -0.39 is 16.1 Å². The number of sulfonamides is 1. The van der Waals surface area contributed by atoms with Crippen molar-refractivity contribution in [1.29, 1.82) is 0 Å².